The molecule has 1 aliphatic rings. The zero-order valence-corrected chi connectivity index (χ0v) is 22.7. The number of amides is 1. The minimum atomic E-state index is -4.02. The summed E-state index contributed by atoms with van der Waals surface area (Å²) < 4.78 is 34.7. The highest BCUT2D eigenvalue weighted by molar-refractivity contribution is 7.85. The summed E-state index contributed by atoms with van der Waals surface area (Å²) in [6.07, 6.45) is 2.31. The normalized spacial score (nSPS) is 15.0. The van der Waals surface area contributed by atoms with Crippen LogP contribution in [0.25, 0.3) is 0 Å². The van der Waals surface area contributed by atoms with Crippen molar-refractivity contribution in [2.24, 2.45) is 5.92 Å². The maximum Gasteiger partial charge on any atom is 0.294 e. The van der Waals surface area contributed by atoms with Crippen molar-refractivity contribution in [3.63, 3.8) is 0 Å². The Labute approximate surface area is 220 Å². The molecule has 1 amide bonds. The van der Waals surface area contributed by atoms with Gasteiger partial charge in [-0.05, 0) is 81.2 Å². The van der Waals surface area contributed by atoms with Crippen LogP contribution in [0.15, 0.2) is 77.7 Å². The molecule has 1 N–H and O–H groups in total. The highest BCUT2D eigenvalue weighted by atomic mass is 32.2. The van der Waals surface area contributed by atoms with Gasteiger partial charge in [-0.1, -0.05) is 48.0 Å². The number of hydrogen-bond donors (Lipinski definition) is 1. The van der Waals surface area contributed by atoms with Crippen molar-refractivity contribution >= 4 is 21.7 Å². The van der Waals surface area contributed by atoms with Gasteiger partial charge in [-0.25, -0.2) is 0 Å². The summed E-state index contributed by atoms with van der Waals surface area (Å²) in [5.74, 6) is 1.53. The van der Waals surface area contributed by atoms with Crippen molar-refractivity contribution in [2.75, 3.05) is 39.2 Å². The topological polar surface area (TPSA) is 87.2 Å². The van der Waals surface area contributed by atoms with Crippen molar-refractivity contribution in [1.29, 1.82) is 0 Å². The standard InChI is InChI=1S/C22H28N2O2.C7H8O3S/c1-23(2)15-18-14-19-6-4-5-7-21(19)24(16-18)22(25)13-10-17-8-11-20(26-3)12-9-17;1-6-2-4-7(5-3-6)11(8,9)10/h4-9,11-12,18H,10,13-16H2,1-3H3;2-5H,1H3,(H,8,9,10). The molecule has 3 aromatic carbocycles. The summed E-state index contributed by atoms with van der Waals surface area (Å²) in [4.78, 5) is 17.1. The molecule has 37 heavy (non-hydrogen) atoms. The van der Waals surface area contributed by atoms with Crippen LogP contribution < -0.4 is 9.64 Å². The van der Waals surface area contributed by atoms with E-state index in [0.29, 0.717) is 12.3 Å². The summed E-state index contributed by atoms with van der Waals surface area (Å²) in [6.45, 7) is 3.64. The lowest BCUT2D eigenvalue weighted by atomic mass is 9.91. The third-order valence-electron chi connectivity index (χ3n) is 6.26. The number of aryl methyl sites for hydroxylation is 2. The van der Waals surface area contributed by atoms with Gasteiger partial charge in [0.1, 0.15) is 5.75 Å². The molecule has 0 saturated heterocycles. The van der Waals surface area contributed by atoms with Crippen LogP contribution in [0.3, 0.4) is 0 Å². The predicted molar refractivity (Wildman–Crippen MR) is 147 cm³/mol. The number of ether oxygens (including phenoxy) is 1. The lowest BCUT2D eigenvalue weighted by molar-refractivity contribution is -0.118. The smallest absolute Gasteiger partial charge is 0.294 e. The van der Waals surface area contributed by atoms with E-state index in [1.54, 1.807) is 19.2 Å². The summed E-state index contributed by atoms with van der Waals surface area (Å²) >= 11 is 0. The van der Waals surface area contributed by atoms with Crippen LogP contribution in [-0.4, -0.2) is 58.1 Å². The fourth-order valence-corrected chi connectivity index (χ4v) is 4.92. The molecule has 0 aliphatic carbocycles. The molecule has 3 aromatic rings. The maximum atomic E-state index is 13.0. The summed E-state index contributed by atoms with van der Waals surface area (Å²) in [5, 5.41) is 0. The largest absolute Gasteiger partial charge is 0.497 e. The van der Waals surface area contributed by atoms with E-state index in [1.165, 1.54) is 17.7 Å². The summed E-state index contributed by atoms with van der Waals surface area (Å²) in [5.41, 5.74) is 4.48. The third-order valence-corrected chi connectivity index (χ3v) is 7.13. The van der Waals surface area contributed by atoms with Gasteiger partial charge in [0.2, 0.25) is 5.91 Å². The van der Waals surface area contributed by atoms with Crippen molar-refractivity contribution in [2.45, 2.75) is 31.1 Å². The molecule has 0 spiro atoms. The highest BCUT2D eigenvalue weighted by Crippen LogP contribution is 2.30. The van der Waals surface area contributed by atoms with Crippen molar-refractivity contribution < 1.29 is 22.5 Å². The molecular formula is C29H36N2O5S. The molecule has 1 aliphatic heterocycles. The van der Waals surface area contributed by atoms with Crippen molar-refractivity contribution in [3.05, 3.63) is 89.5 Å². The molecule has 0 radical (unpaired) electrons. The van der Waals surface area contributed by atoms with E-state index in [1.807, 2.05) is 42.2 Å². The number of carbonyl (C=O) groups excluding carboxylic acids is 1. The molecule has 4 rings (SSSR count). The lowest BCUT2D eigenvalue weighted by Gasteiger charge is -2.36. The third kappa shape index (κ3) is 8.42. The molecular weight excluding hydrogens is 488 g/mol. The fraction of sp³-hybridized carbons (Fsp3) is 0.345. The van der Waals surface area contributed by atoms with Crippen LogP contribution in [0.5, 0.6) is 5.75 Å². The number of para-hydroxylation sites is 1. The van der Waals surface area contributed by atoms with Gasteiger partial charge in [0, 0.05) is 25.2 Å². The Hall–Kier alpha value is -3.20. The molecule has 0 aromatic heterocycles. The number of methoxy groups -OCH3 is 1. The first-order valence-electron chi connectivity index (χ1n) is 12.3. The monoisotopic (exact) mass is 524 g/mol. The number of benzene rings is 3. The van der Waals surface area contributed by atoms with E-state index in [0.717, 1.165) is 48.5 Å². The zero-order valence-electron chi connectivity index (χ0n) is 21.9. The second-order valence-corrected chi connectivity index (χ2v) is 11.0. The average molecular weight is 525 g/mol. The van der Waals surface area contributed by atoms with Crippen LogP contribution in [0.4, 0.5) is 5.69 Å². The molecule has 198 valence electrons. The lowest BCUT2D eigenvalue weighted by Crippen LogP contribution is -2.43. The number of rotatable bonds is 7. The van der Waals surface area contributed by atoms with Gasteiger partial charge < -0.3 is 14.5 Å². The molecule has 0 saturated carbocycles. The van der Waals surface area contributed by atoms with Crippen LogP contribution in [-0.2, 0) is 27.8 Å². The predicted octanol–water partition coefficient (Wildman–Crippen LogP) is 4.64. The van der Waals surface area contributed by atoms with E-state index in [9.17, 15) is 13.2 Å². The number of nitrogens with zero attached hydrogens (tertiary/aromatic N) is 2. The Kier molecular flexibility index (Phi) is 9.86. The molecule has 8 heteroatoms. The molecule has 0 fully saturated rings. The summed E-state index contributed by atoms with van der Waals surface area (Å²) in [6, 6.07) is 22.3. The Balaban J connectivity index is 0.000000289. The molecule has 7 nitrogen and oxygen atoms in total. The van der Waals surface area contributed by atoms with E-state index in [2.05, 4.69) is 37.2 Å². The molecule has 1 unspecified atom stereocenters. The van der Waals surface area contributed by atoms with Gasteiger partial charge in [-0.15, -0.1) is 0 Å². The van der Waals surface area contributed by atoms with Gasteiger partial charge in [0.15, 0.2) is 0 Å². The molecule has 1 heterocycles. The average Bonchev–Trinajstić information content (AvgIpc) is 2.87. The second-order valence-electron chi connectivity index (χ2n) is 9.60. The first-order chi connectivity index (χ1) is 17.6. The van der Waals surface area contributed by atoms with Crippen LogP contribution in [0.2, 0.25) is 0 Å². The van der Waals surface area contributed by atoms with Crippen LogP contribution in [0, 0.1) is 12.8 Å². The van der Waals surface area contributed by atoms with Gasteiger partial charge in [-0.2, -0.15) is 8.42 Å². The summed E-state index contributed by atoms with van der Waals surface area (Å²) in [7, 11) is 1.83. The minimum absolute atomic E-state index is 0.0666. The Morgan fingerprint density at radius 3 is 2.27 bits per heavy atom. The fourth-order valence-electron chi connectivity index (χ4n) is 4.44. The Bertz CT molecular complexity index is 1270. The van der Waals surface area contributed by atoms with E-state index < -0.39 is 10.1 Å². The first-order valence-corrected chi connectivity index (χ1v) is 13.7. The van der Waals surface area contributed by atoms with Crippen LogP contribution >= 0.6 is 0 Å². The molecule has 1 atom stereocenters. The quantitative estimate of drug-likeness (QED) is 0.453. The van der Waals surface area contributed by atoms with Crippen molar-refractivity contribution in [3.8, 4) is 5.75 Å². The SMILES string of the molecule is COc1ccc(CCC(=O)N2CC(CN(C)C)Cc3ccccc32)cc1.Cc1ccc(S(=O)(=O)O)cc1. The second kappa shape index (κ2) is 12.9. The zero-order chi connectivity index (χ0) is 27.0. The van der Waals surface area contributed by atoms with Crippen LogP contribution in [0.1, 0.15) is 23.1 Å². The van der Waals surface area contributed by atoms with Gasteiger partial charge in [0.05, 0.1) is 12.0 Å². The van der Waals surface area contributed by atoms with E-state index in [4.69, 9.17) is 9.29 Å². The van der Waals surface area contributed by atoms with E-state index in [-0.39, 0.29) is 10.8 Å². The Morgan fingerprint density at radius 2 is 1.68 bits per heavy atom. The van der Waals surface area contributed by atoms with Gasteiger partial charge in [0.25, 0.3) is 10.1 Å². The first kappa shape index (κ1) is 28.4. The molecule has 0 bridgehead atoms. The van der Waals surface area contributed by atoms with Crippen molar-refractivity contribution in [1.82, 2.24) is 4.90 Å². The van der Waals surface area contributed by atoms with Gasteiger partial charge >= 0.3 is 0 Å². The number of anilines is 1. The van der Waals surface area contributed by atoms with Gasteiger partial charge in [-0.3, -0.25) is 9.35 Å². The maximum absolute atomic E-state index is 13.0. The van der Waals surface area contributed by atoms with E-state index >= 15 is 0 Å². The number of carbonyl (C=O) groups is 1. The number of hydrogen-bond acceptors (Lipinski definition) is 5. The highest BCUT2D eigenvalue weighted by Gasteiger charge is 2.28. The number of fused-ring (bicyclic) bond motifs is 1. The Morgan fingerprint density at radius 1 is 1.03 bits per heavy atom. The minimum Gasteiger partial charge on any atom is -0.497 e.